The third-order valence-electron chi connectivity index (χ3n) is 4.06. The van der Waals surface area contributed by atoms with Crippen molar-refractivity contribution in [2.24, 2.45) is 0 Å². The molecule has 2 rings (SSSR count). The fraction of sp³-hybridized carbons (Fsp3) is 0.400. The van der Waals surface area contributed by atoms with Gasteiger partial charge in [0.2, 0.25) is 0 Å². The minimum Gasteiger partial charge on any atom is -0.489 e. The SMILES string of the molecule is CCCCNC(=O)NC(=O)COC(=O)c1ccc(OCc2c(C)noc2C)cc1. The summed E-state index contributed by atoms with van der Waals surface area (Å²) in [6.07, 6.45) is 1.74. The lowest BCUT2D eigenvalue weighted by Gasteiger charge is -2.08. The second-order valence-electron chi connectivity index (χ2n) is 6.35. The number of esters is 1. The summed E-state index contributed by atoms with van der Waals surface area (Å²) in [4.78, 5) is 35.1. The quantitative estimate of drug-likeness (QED) is 0.488. The molecule has 0 saturated carbocycles. The molecule has 0 aliphatic heterocycles. The van der Waals surface area contributed by atoms with E-state index in [-0.39, 0.29) is 5.56 Å². The van der Waals surface area contributed by atoms with Crippen LogP contribution in [-0.2, 0) is 16.1 Å². The van der Waals surface area contributed by atoms with E-state index in [0.717, 1.165) is 24.1 Å². The third kappa shape index (κ3) is 6.95. The van der Waals surface area contributed by atoms with Gasteiger partial charge in [-0.05, 0) is 44.5 Å². The van der Waals surface area contributed by atoms with Crippen LogP contribution >= 0.6 is 0 Å². The highest BCUT2D eigenvalue weighted by Gasteiger charge is 2.13. The number of urea groups is 1. The predicted octanol–water partition coefficient (Wildman–Crippen LogP) is 2.65. The van der Waals surface area contributed by atoms with Crippen molar-refractivity contribution in [3.05, 3.63) is 46.8 Å². The molecule has 0 fully saturated rings. The Kier molecular flexibility index (Phi) is 8.20. The molecule has 1 aromatic heterocycles. The van der Waals surface area contributed by atoms with Gasteiger partial charge in [-0.3, -0.25) is 10.1 Å². The van der Waals surface area contributed by atoms with Crippen LogP contribution < -0.4 is 15.4 Å². The van der Waals surface area contributed by atoms with E-state index in [1.165, 1.54) is 12.1 Å². The number of aromatic nitrogens is 1. The number of hydrogen-bond acceptors (Lipinski definition) is 7. The fourth-order valence-corrected chi connectivity index (χ4v) is 2.35. The van der Waals surface area contributed by atoms with Gasteiger partial charge in [0.15, 0.2) is 6.61 Å². The van der Waals surface area contributed by atoms with E-state index in [2.05, 4.69) is 15.8 Å². The number of unbranched alkanes of at least 4 members (excludes halogenated alkanes) is 1. The molecule has 1 aromatic carbocycles. The van der Waals surface area contributed by atoms with Gasteiger partial charge >= 0.3 is 12.0 Å². The summed E-state index contributed by atoms with van der Waals surface area (Å²) >= 11 is 0. The molecule has 9 heteroatoms. The Labute approximate surface area is 168 Å². The van der Waals surface area contributed by atoms with Crippen LogP contribution in [0.4, 0.5) is 4.79 Å². The van der Waals surface area contributed by atoms with Gasteiger partial charge in [0.25, 0.3) is 5.91 Å². The largest absolute Gasteiger partial charge is 0.489 e. The minimum atomic E-state index is -0.702. The number of imide groups is 1. The van der Waals surface area contributed by atoms with Crippen LogP contribution in [0, 0.1) is 13.8 Å². The van der Waals surface area contributed by atoms with Crippen molar-refractivity contribution in [3.63, 3.8) is 0 Å². The lowest BCUT2D eigenvalue weighted by Crippen LogP contribution is -2.41. The standard InChI is InChI=1S/C20H25N3O6/c1-4-5-10-21-20(26)22-18(24)12-28-19(25)15-6-8-16(9-7-15)27-11-17-13(2)23-29-14(17)3/h6-9H,4-5,10-12H2,1-3H3,(H2,21,22,24,26). The van der Waals surface area contributed by atoms with E-state index < -0.39 is 24.5 Å². The fourth-order valence-electron chi connectivity index (χ4n) is 2.35. The summed E-state index contributed by atoms with van der Waals surface area (Å²) in [6.45, 7) is 5.85. The molecule has 9 nitrogen and oxygen atoms in total. The Morgan fingerprint density at radius 3 is 2.48 bits per heavy atom. The van der Waals surface area contributed by atoms with Crippen LogP contribution in [0.3, 0.4) is 0 Å². The Hall–Kier alpha value is -3.36. The number of nitrogens with zero attached hydrogens (tertiary/aromatic N) is 1. The number of benzene rings is 1. The maximum absolute atomic E-state index is 12.0. The summed E-state index contributed by atoms with van der Waals surface area (Å²) < 4.78 is 15.7. The molecular formula is C20H25N3O6. The molecule has 0 aliphatic carbocycles. The van der Waals surface area contributed by atoms with Crippen molar-refractivity contribution in [1.29, 1.82) is 0 Å². The van der Waals surface area contributed by atoms with Crippen LogP contribution in [0.5, 0.6) is 5.75 Å². The molecule has 2 N–H and O–H groups in total. The Bertz CT molecular complexity index is 825. The third-order valence-corrected chi connectivity index (χ3v) is 4.06. The first-order chi connectivity index (χ1) is 13.9. The van der Waals surface area contributed by atoms with Crippen LogP contribution in [0.2, 0.25) is 0 Å². The maximum Gasteiger partial charge on any atom is 0.338 e. The number of carbonyl (C=O) groups is 3. The van der Waals surface area contributed by atoms with Gasteiger partial charge in [-0.25, -0.2) is 9.59 Å². The molecule has 0 spiro atoms. The molecular weight excluding hydrogens is 378 g/mol. The Morgan fingerprint density at radius 1 is 1.14 bits per heavy atom. The average Bonchev–Trinajstić information content (AvgIpc) is 3.02. The first-order valence-corrected chi connectivity index (χ1v) is 9.30. The number of carbonyl (C=O) groups excluding carboxylic acids is 3. The van der Waals surface area contributed by atoms with E-state index >= 15 is 0 Å². The molecule has 29 heavy (non-hydrogen) atoms. The van der Waals surface area contributed by atoms with Gasteiger partial charge in [0.1, 0.15) is 18.1 Å². The molecule has 0 aliphatic rings. The predicted molar refractivity (Wildman–Crippen MR) is 103 cm³/mol. The van der Waals surface area contributed by atoms with E-state index in [4.69, 9.17) is 14.0 Å². The minimum absolute atomic E-state index is 0.259. The highest BCUT2D eigenvalue weighted by molar-refractivity contribution is 5.97. The van der Waals surface area contributed by atoms with Gasteiger partial charge in [-0.15, -0.1) is 0 Å². The highest BCUT2D eigenvalue weighted by atomic mass is 16.5. The van der Waals surface area contributed by atoms with Gasteiger partial charge in [-0.1, -0.05) is 18.5 Å². The van der Waals surface area contributed by atoms with Crippen molar-refractivity contribution < 1.29 is 28.4 Å². The first kappa shape index (κ1) is 21.9. The lowest BCUT2D eigenvalue weighted by atomic mass is 10.2. The second kappa shape index (κ2) is 10.8. The zero-order chi connectivity index (χ0) is 21.2. The summed E-state index contributed by atoms with van der Waals surface area (Å²) in [5.74, 6) is -0.126. The van der Waals surface area contributed by atoms with Crippen LogP contribution in [-0.4, -0.2) is 36.2 Å². The monoisotopic (exact) mass is 403 g/mol. The van der Waals surface area contributed by atoms with Crippen molar-refractivity contribution in [3.8, 4) is 5.75 Å². The summed E-state index contributed by atoms with van der Waals surface area (Å²) in [7, 11) is 0. The number of hydrogen-bond donors (Lipinski definition) is 2. The Morgan fingerprint density at radius 2 is 1.86 bits per heavy atom. The van der Waals surface area contributed by atoms with Crippen LogP contribution in [0.15, 0.2) is 28.8 Å². The molecule has 0 saturated heterocycles. The zero-order valence-corrected chi connectivity index (χ0v) is 16.7. The number of rotatable bonds is 9. The molecule has 0 unspecified atom stereocenters. The number of nitrogens with one attached hydrogen (secondary N) is 2. The molecule has 0 radical (unpaired) electrons. The van der Waals surface area contributed by atoms with Crippen molar-refractivity contribution in [1.82, 2.24) is 15.8 Å². The van der Waals surface area contributed by atoms with Crippen LogP contribution in [0.1, 0.15) is 47.1 Å². The molecule has 2 aromatic rings. The normalized spacial score (nSPS) is 10.3. The zero-order valence-electron chi connectivity index (χ0n) is 16.7. The van der Waals surface area contributed by atoms with E-state index in [9.17, 15) is 14.4 Å². The maximum atomic E-state index is 12.0. The summed E-state index contributed by atoms with van der Waals surface area (Å²) in [5.41, 5.74) is 1.90. The van der Waals surface area contributed by atoms with Gasteiger partial charge in [0.05, 0.1) is 16.8 Å². The lowest BCUT2D eigenvalue weighted by molar-refractivity contribution is -0.123. The topological polar surface area (TPSA) is 120 Å². The van der Waals surface area contributed by atoms with Crippen molar-refractivity contribution in [2.45, 2.75) is 40.2 Å². The highest BCUT2D eigenvalue weighted by Crippen LogP contribution is 2.18. The average molecular weight is 403 g/mol. The van der Waals surface area contributed by atoms with E-state index in [1.54, 1.807) is 12.1 Å². The summed E-state index contributed by atoms with van der Waals surface area (Å²) in [6, 6.07) is 5.69. The molecule has 3 amide bonds. The molecule has 1 heterocycles. The van der Waals surface area contributed by atoms with Gasteiger partial charge in [-0.2, -0.15) is 0 Å². The smallest absolute Gasteiger partial charge is 0.338 e. The van der Waals surface area contributed by atoms with E-state index in [0.29, 0.717) is 24.7 Å². The van der Waals surface area contributed by atoms with E-state index in [1.807, 2.05) is 20.8 Å². The number of aryl methyl sites for hydroxylation is 2. The summed E-state index contributed by atoms with van der Waals surface area (Å²) in [5, 5.41) is 8.49. The van der Waals surface area contributed by atoms with Crippen molar-refractivity contribution in [2.75, 3.05) is 13.2 Å². The Balaban J connectivity index is 1.76. The van der Waals surface area contributed by atoms with Gasteiger partial charge in [0, 0.05) is 6.54 Å². The second-order valence-corrected chi connectivity index (χ2v) is 6.35. The number of amides is 3. The molecule has 156 valence electrons. The number of ether oxygens (including phenoxy) is 2. The molecule has 0 bridgehead atoms. The first-order valence-electron chi connectivity index (χ1n) is 9.30. The van der Waals surface area contributed by atoms with Crippen molar-refractivity contribution >= 4 is 17.9 Å². The van der Waals surface area contributed by atoms with Crippen LogP contribution in [0.25, 0.3) is 0 Å². The van der Waals surface area contributed by atoms with Gasteiger partial charge < -0.3 is 19.3 Å². The molecule has 0 atom stereocenters.